The lowest BCUT2D eigenvalue weighted by atomic mass is 9.84. The molecule has 0 fully saturated rings. The van der Waals surface area contributed by atoms with E-state index in [0.29, 0.717) is 17.8 Å². The van der Waals surface area contributed by atoms with Crippen molar-refractivity contribution in [3.63, 3.8) is 0 Å². The van der Waals surface area contributed by atoms with E-state index in [2.05, 4.69) is 53.7 Å². The van der Waals surface area contributed by atoms with Crippen molar-refractivity contribution in [3.05, 3.63) is 34.4 Å². The Hall–Kier alpha value is -1.31. The van der Waals surface area contributed by atoms with Crippen LogP contribution >= 0.6 is 0 Å². The van der Waals surface area contributed by atoms with Crippen LogP contribution in [-0.4, -0.2) is 11.6 Å². The highest BCUT2D eigenvalue weighted by atomic mass is 16.6. The first-order valence-corrected chi connectivity index (χ1v) is 8.35. The van der Waals surface area contributed by atoms with Crippen LogP contribution in [0.4, 0.5) is 0 Å². The lowest BCUT2D eigenvalue weighted by Gasteiger charge is -2.25. The van der Waals surface area contributed by atoms with E-state index < -0.39 is 5.60 Å². The minimum absolute atomic E-state index is 0.199. The molecule has 0 amide bonds. The minimum Gasteiger partial charge on any atom is -0.456 e. The molecule has 0 N–H and O–H groups in total. The monoisotopic (exact) mass is 304 g/mol. The Morgan fingerprint density at radius 2 is 1.27 bits per heavy atom. The van der Waals surface area contributed by atoms with Crippen LogP contribution in [-0.2, 0) is 4.74 Å². The normalized spacial score (nSPS) is 12.4. The van der Waals surface area contributed by atoms with Crippen LogP contribution in [0.5, 0.6) is 0 Å². The lowest BCUT2D eigenvalue weighted by Crippen LogP contribution is -2.26. The van der Waals surface area contributed by atoms with Gasteiger partial charge in [-0.1, -0.05) is 53.7 Å². The van der Waals surface area contributed by atoms with E-state index in [-0.39, 0.29) is 5.97 Å². The molecule has 0 saturated heterocycles. The van der Waals surface area contributed by atoms with Crippen molar-refractivity contribution in [1.29, 1.82) is 0 Å². The number of carbonyl (C=O) groups is 1. The van der Waals surface area contributed by atoms with Crippen molar-refractivity contribution in [2.75, 3.05) is 0 Å². The van der Waals surface area contributed by atoms with Crippen LogP contribution in [0.15, 0.2) is 12.1 Å². The summed E-state index contributed by atoms with van der Waals surface area (Å²) in [4.78, 5) is 12.8. The molecular weight excluding hydrogens is 272 g/mol. The molecule has 0 aliphatic heterocycles. The van der Waals surface area contributed by atoms with Gasteiger partial charge in [0, 0.05) is 0 Å². The van der Waals surface area contributed by atoms with E-state index in [1.54, 1.807) is 0 Å². The Kier molecular flexibility index (Phi) is 5.83. The van der Waals surface area contributed by atoms with E-state index >= 15 is 0 Å². The molecule has 0 aliphatic carbocycles. The van der Waals surface area contributed by atoms with Crippen molar-refractivity contribution >= 4 is 5.97 Å². The van der Waals surface area contributed by atoms with Gasteiger partial charge in [-0.25, -0.2) is 4.79 Å². The number of ether oxygens (including phenoxy) is 1. The summed E-state index contributed by atoms with van der Waals surface area (Å²) >= 11 is 0. The summed E-state index contributed by atoms with van der Waals surface area (Å²) in [5.74, 6) is 0.829. The minimum atomic E-state index is -0.476. The molecule has 2 nitrogen and oxygen atoms in total. The molecular formula is C20H32O2. The first kappa shape index (κ1) is 18.7. The Bertz CT molecular complexity index is 502. The highest BCUT2D eigenvalue weighted by Gasteiger charge is 2.26. The van der Waals surface area contributed by atoms with Gasteiger partial charge in [0.15, 0.2) is 0 Å². The van der Waals surface area contributed by atoms with Gasteiger partial charge in [0.1, 0.15) is 5.60 Å². The molecule has 0 atom stereocenters. The SMILES string of the molecule is CC(C)c1cc(C(C)C)c(C(=O)OC(C)(C)C)c(C(C)C)c1. The summed E-state index contributed by atoms with van der Waals surface area (Å²) in [5.41, 5.74) is 3.79. The Labute approximate surface area is 136 Å². The number of hydrogen-bond donors (Lipinski definition) is 0. The molecule has 0 spiro atoms. The number of esters is 1. The molecule has 0 saturated carbocycles. The molecule has 2 heteroatoms. The predicted octanol–water partition coefficient (Wildman–Crippen LogP) is 6.01. The van der Waals surface area contributed by atoms with E-state index in [0.717, 1.165) is 16.7 Å². The third-order valence-electron chi connectivity index (χ3n) is 3.74. The predicted molar refractivity (Wildman–Crippen MR) is 93.9 cm³/mol. The highest BCUT2D eigenvalue weighted by molar-refractivity contribution is 5.93. The van der Waals surface area contributed by atoms with Gasteiger partial charge in [-0.05, 0) is 55.2 Å². The van der Waals surface area contributed by atoms with Crippen LogP contribution in [0.2, 0.25) is 0 Å². The summed E-state index contributed by atoms with van der Waals surface area (Å²) in [6, 6.07) is 4.36. The second-order valence-electron chi connectivity index (χ2n) is 8.04. The van der Waals surface area contributed by atoms with Crippen LogP contribution in [0.25, 0.3) is 0 Å². The molecule has 0 radical (unpaired) electrons. The first-order valence-electron chi connectivity index (χ1n) is 8.35. The van der Waals surface area contributed by atoms with E-state index in [1.165, 1.54) is 5.56 Å². The molecule has 0 aliphatic rings. The second kappa shape index (κ2) is 6.85. The largest absolute Gasteiger partial charge is 0.456 e. The zero-order chi connectivity index (χ0) is 17.2. The fraction of sp³-hybridized carbons (Fsp3) is 0.650. The quantitative estimate of drug-likeness (QED) is 0.636. The lowest BCUT2D eigenvalue weighted by molar-refractivity contribution is 0.00663. The summed E-state index contributed by atoms with van der Waals surface area (Å²) in [7, 11) is 0. The Balaban J connectivity index is 3.55. The van der Waals surface area contributed by atoms with Gasteiger partial charge in [0.2, 0.25) is 0 Å². The van der Waals surface area contributed by atoms with Gasteiger partial charge in [-0.3, -0.25) is 0 Å². The van der Waals surface area contributed by atoms with Crippen molar-refractivity contribution in [2.24, 2.45) is 0 Å². The van der Waals surface area contributed by atoms with Crippen LogP contribution in [0.3, 0.4) is 0 Å². The third kappa shape index (κ3) is 4.59. The number of hydrogen-bond acceptors (Lipinski definition) is 2. The fourth-order valence-electron chi connectivity index (χ4n) is 2.52. The molecule has 1 aromatic carbocycles. The number of carbonyl (C=O) groups excluding carboxylic acids is 1. The zero-order valence-electron chi connectivity index (χ0n) is 15.7. The van der Waals surface area contributed by atoms with Crippen molar-refractivity contribution < 1.29 is 9.53 Å². The summed E-state index contributed by atoms with van der Waals surface area (Å²) in [6.45, 7) is 18.7. The maximum absolute atomic E-state index is 12.8. The van der Waals surface area contributed by atoms with E-state index in [4.69, 9.17) is 4.74 Å². The molecule has 0 unspecified atom stereocenters. The second-order valence-corrected chi connectivity index (χ2v) is 8.04. The van der Waals surface area contributed by atoms with Crippen LogP contribution < -0.4 is 0 Å². The van der Waals surface area contributed by atoms with Crippen molar-refractivity contribution in [1.82, 2.24) is 0 Å². The van der Waals surface area contributed by atoms with Gasteiger partial charge in [0.05, 0.1) is 5.56 Å². The summed E-state index contributed by atoms with van der Waals surface area (Å²) < 4.78 is 5.67. The topological polar surface area (TPSA) is 26.3 Å². The first-order chi connectivity index (χ1) is 9.94. The highest BCUT2D eigenvalue weighted by Crippen LogP contribution is 2.33. The van der Waals surface area contributed by atoms with Gasteiger partial charge in [0.25, 0.3) is 0 Å². The molecule has 0 heterocycles. The third-order valence-corrected chi connectivity index (χ3v) is 3.74. The average Bonchev–Trinajstić information content (AvgIpc) is 2.34. The molecule has 1 aromatic rings. The summed E-state index contributed by atoms with van der Waals surface area (Å²) in [6.07, 6.45) is 0. The van der Waals surface area contributed by atoms with Crippen molar-refractivity contribution in [3.8, 4) is 0 Å². The zero-order valence-corrected chi connectivity index (χ0v) is 15.7. The molecule has 124 valence electrons. The van der Waals surface area contributed by atoms with E-state index in [1.807, 2.05) is 20.8 Å². The van der Waals surface area contributed by atoms with Gasteiger partial charge < -0.3 is 4.74 Å². The van der Waals surface area contributed by atoms with Gasteiger partial charge >= 0.3 is 5.97 Å². The van der Waals surface area contributed by atoms with Crippen LogP contribution in [0.1, 0.15) is 107 Å². The van der Waals surface area contributed by atoms with E-state index in [9.17, 15) is 4.79 Å². The number of benzene rings is 1. The molecule has 1 rings (SSSR count). The molecule has 22 heavy (non-hydrogen) atoms. The standard InChI is InChI=1S/C20H32O2/c1-12(2)15-10-16(13(3)4)18(17(11-15)14(5)6)19(21)22-20(7,8)9/h10-14H,1-9H3. The maximum atomic E-state index is 12.8. The van der Waals surface area contributed by atoms with Crippen molar-refractivity contribution in [2.45, 2.75) is 85.7 Å². The summed E-state index contributed by atoms with van der Waals surface area (Å²) in [5, 5.41) is 0. The maximum Gasteiger partial charge on any atom is 0.339 e. The smallest absolute Gasteiger partial charge is 0.339 e. The molecule has 0 aromatic heterocycles. The fourth-order valence-corrected chi connectivity index (χ4v) is 2.52. The van der Waals surface area contributed by atoms with Gasteiger partial charge in [-0.15, -0.1) is 0 Å². The van der Waals surface area contributed by atoms with Gasteiger partial charge in [-0.2, -0.15) is 0 Å². The molecule has 0 bridgehead atoms. The van der Waals surface area contributed by atoms with Crippen LogP contribution in [0, 0.1) is 0 Å². The Morgan fingerprint density at radius 1 is 0.864 bits per heavy atom. The number of rotatable bonds is 4. The Morgan fingerprint density at radius 3 is 1.55 bits per heavy atom. The average molecular weight is 304 g/mol.